The largest absolute Gasteiger partial charge is 0.490 e. The number of alkyl halides is 3. The van der Waals surface area contributed by atoms with E-state index in [0.717, 1.165) is 13.1 Å². The smallest absolute Gasteiger partial charge is 0.476 e. The lowest BCUT2D eigenvalue weighted by molar-refractivity contribution is -0.192. The number of carboxylic acid groups (broad SMARTS) is 1. The van der Waals surface area contributed by atoms with Gasteiger partial charge in [0.25, 0.3) is 11.8 Å². The van der Waals surface area contributed by atoms with E-state index >= 15 is 0 Å². The molecule has 1 aromatic heterocycles. The molecule has 0 spiro atoms. The molecule has 51 heavy (non-hydrogen) atoms. The van der Waals surface area contributed by atoms with Gasteiger partial charge in [0.2, 0.25) is 5.82 Å². The monoisotopic (exact) mass is 740 g/mol. The summed E-state index contributed by atoms with van der Waals surface area (Å²) in [5.74, 6) is -6.22. The molecule has 3 aromatic rings. The maximum atomic E-state index is 14.8. The van der Waals surface area contributed by atoms with E-state index in [4.69, 9.17) is 31.5 Å². The minimum absolute atomic E-state index is 0.0906. The number of amides is 4. The molecule has 4 N–H and O–H groups in total. The first kappa shape index (κ1) is 38.3. The summed E-state index contributed by atoms with van der Waals surface area (Å²) in [4.78, 5) is 54.8. The molecule has 2 aliphatic heterocycles. The highest BCUT2D eigenvalue weighted by Crippen LogP contribution is 2.30. The summed E-state index contributed by atoms with van der Waals surface area (Å²) < 4.78 is 67.1. The molecule has 14 nitrogen and oxygen atoms in total. The maximum absolute atomic E-state index is 14.8. The molecule has 0 saturated carbocycles. The van der Waals surface area contributed by atoms with Gasteiger partial charge in [0.15, 0.2) is 24.0 Å². The van der Waals surface area contributed by atoms with Crippen molar-refractivity contribution in [3.63, 3.8) is 0 Å². The number of rotatable bonds is 8. The van der Waals surface area contributed by atoms with Crippen LogP contribution in [0.3, 0.4) is 0 Å². The SMILES string of the molecule is Cn1c(-c2ccc(OCC#N)c(F)c2F)cnc1C(=O)Nc1ccc(C(=O)N2CCN(C(=O)NCC3CNC3)CC2)c(Cl)c1.O=C(O)C(F)(F)F. The summed E-state index contributed by atoms with van der Waals surface area (Å²) in [6.45, 7) is 3.48. The average molecular weight is 741 g/mol. The van der Waals surface area contributed by atoms with Crippen LogP contribution in [0.2, 0.25) is 5.02 Å². The lowest BCUT2D eigenvalue weighted by Crippen LogP contribution is -2.55. The van der Waals surface area contributed by atoms with Crippen molar-refractivity contribution in [2.45, 2.75) is 6.18 Å². The molecule has 2 saturated heterocycles. The highest BCUT2D eigenvalue weighted by atomic mass is 35.5. The Morgan fingerprint density at radius 2 is 1.73 bits per heavy atom. The van der Waals surface area contributed by atoms with Crippen molar-refractivity contribution in [2.75, 3.05) is 57.7 Å². The van der Waals surface area contributed by atoms with Crippen LogP contribution in [0.4, 0.5) is 32.4 Å². The van der Waals surface area contributed by atoms with E-state index in [1.807, 2.05) is 0 Å². The van der Waals surface area contributed by atoms with Gasteiger partial charge in [0.1, 0.15) is 6.07 Å². The van der Waals surface area contributed by atoms with E-state index in [0.29, 0.717) is 44.3 Å². The number of imidazole rings is 1. The Morgan fingerprint density at radius 3 is 2.29 bits per heavy atom. The highest BCUT2D eigenvalue weighted by molar-refractivity contribution is 6.34. The first-order valence-corrected chi connectivity index (χ1v) is 15.4. The molecule has 2 aliphatic rings. The predicted octanol–water partition coefficient (Wildman–Crippen LogP) is 3.49. The molecule has 2 fully saturated rings. The highest BCUT2D eigenvalue weighted by Gasteiger charge is 2.38. The Labute approximate surface area is 291 Å². The van der Waals surface area contributed by atoms with E-state index in [1.54, 1.807) is 15.9 Å². The van der Waals surface area contributed by atoms with Gasteiger partial charge in [-0.3, -0.25) is 9.59 Å². The normalized spacial score (nSPS) is 14.4. The van der Waals surface area contributed by atoms with Crippen molar-refractivity contribution >= 4 is 41.1 Å². The second-order valence-electron chi connectivity index (χ2n) is 11.2. The number of nitrogens with zero attached hydrogens (tertiary/aromatic N) is 5. The molecule has 2 aromatic carbocycles. The van der Waals surface area contributed by atoms with Crippen LogP contribution >= 0.6 is 11.6 Å². The molecule has 0 unspecified atom stereocenters. The van der Waals surface area contributed by atoms with Crippen molar-refractivity contribution in [2.24, 2.45) is 13.0 Å². The summed E-state index contributed by atoms with van der Waals surface area (Å²) in [5, 5.41) is 24.6. The van der Waals surface area contributed by atoms with Gasteiger partial charge in [-0.25, -0.2) is 19.0 Å². The number of anilines is 1. The number of aromatic nitrogens is 2. The fraction of sp³-hybridized carbons (Fsp3) is 0.355. The van der Waals surface area contributed by atoms with Gasteiger partial charge >= 0.3 is 18.2 Å². The third-order valence-electron chi connectivity index (χ3n) is 7.77. The Morgan fingerprint density at radius 1 is 1.08 bits per heavy atom. The number of aliphatic carboxylic acids is 1. The number of hydrogen-bond donors (Lipinski definition) is 4. The lowest BCUT2D eigenvalue weighted by atomic mass is 10.0. The molecular formula is C31H30ClF5N8O6. The van der Waals surface area contributed by atoms with Crippen LogP contribution in [0, 0.1) is 28.9 Å². The van der Waals surface area contributed by atoms with Gasteiger partial charge in [0, 0.05) is 70.0 Å². The third-order valence-corrected chi connectivity index (χ3v) is 8.08. The Bertz CT molecular complexity index is 1840. The number of ether oxygens (including phenoxy) is 1. The van der Waals surface area contributed by atoms with Crippen LogP contribution in [0.15, 0.2) is 36.5 Å². The van der Waals surface area contributed by atoms with Crippen LogP contribution in [-0.4, -0.2) is 107 Å². The summed E-state index contributed by atoms with van der Waals surface area (Å²) in [5.41, 5.74) is 0.518. The van der Waals surface area contributed by atoms with Gasteiger partial charge < -0.3 is 40.2 Å². The molecule has 20 heteroatoms. The second kappa shape index (κ2) is 16.5. The van der Waals surface area contributed by atoms with Crippen molar-refractivity contribution in [1.82, 2.24) is 30.0 Å². The van der Waals surface area contributed by atoms with Crippen molar-refractivity contribution in [1.29, 1.82) is 5.26 Å². The van der Waals surface area contributed by atoms with E-state index < -0.39 is 42.0 Å². The van der Waals surface area contributed by atoms with Gasteiger partial charge in [-0.15, -0.1) is 0 Å². The zero-order valence-corrected chi connectivity index (χ0v) is 27.4. The summed E-state index contributed by atoms with van der Waals surface area (Å²) in [7, 11) is 1.47. The van der Waals surface area contributed by atoms with Crippen molar-refractivity contribution < 1.29 is 51.0 Å². The van der Waals surface area contributed by atoms with Crippen LogP contribution in [0.1, 0.15) is 21.0 Å². The number of carbonyl (C=O) groups is 4. The van der Waals surface area contributed by atoms with Gasteiger partial charge in [-0.2, -0.15) is 22.8 Å². The van der Waals surface area contributed by atoms with E-state index in [-0.39, 0.29) is 39.6 Å². The van der Waals surface area contributed by atoms with E-state index in [9.17, 15) is 36.3 Å². The molecule has 0 aliphatic carbocycles. The summed E-state index contributed by atoms with van der Waals surface area (Å²) in [6.07, 6.45) is -3.85. The van der Waals surface area contributed by atoms with Gasteiger partial charge in [-0.05, 0) is 30.3 Å². The van der Waals surface area contributed by atoms with Crippen LogP contribution in [-0.2, 0) is 11.8 Å². The number of hydrogen-bond acceptors (Lipinski definition) is 8. The van der Waals surface area contributed by atoms with Crippen LogP contribution < -0.4 is 20.7 Å². The molecule has 0 radical (unpaired) electrons. The molecule has 4 amide bonds. The quantitative estimate of drug-likeness (QED) is 0.251. The van der Waals surface area contributed by atoms with Gasteiger partial charge in [-0.1, -0.05) is 11.6 Å². The van der Waals surface area contributed by atoms with Crippen molar-refractivity contribution in [3.8, 4) is 23.1 Å². The molecular weight excluding hydrogens is 711 g/mol. The fourth-order valence-electron chi connectivity index (χ4n) is 4.89. The number of nitriles is 1. The number of carboxylic acids is 1. The number of carbonyl (C=O) groups excluding carboxylic acids is 3. The van der Waals surface area contributed by atoms with E-state index in [2.05, 4.69) is 20.9 Å². The molecule has 5 rings (SSSR count). The predicted molar refractivity (Wildman–Crippen MR) is 170 cm³/mol. The van der Waals surface area contributed by atoms with Crippen molar-refractivity contribution in [3.05, 3.63) is 64.6 Å². The molecule has 0 atom stereocenters. The summed E-state index contributed by atoms with van der Waals surface area (Å²) in [6, 6.07) is 8.46. The Kier molecular flexibility index (Phi) is 12.4. The zero-order valence-electron chi connectivity index (χ0n) is 26.7. The standard InChI is InChI=1S/C29H29ClF2N8O4.C2HF3O2/c1-38-22(20-4-5-23(44-11-6-33)25(32)24(20)31)16-35-26(38)27(41)37-18-2-3-19(21(30)12-18)28(42)39-7-9-40(10-8-39)29(43)36-15-17-13-34-14-17;3-2(4,5)1(6)7/h2-5,12,16-17,34H,7-11,13-15H2,1H3,(H,36,43)(H,37,41);(H,6,7). The summed E-state index contributed by atoms with van der Waals surface area (Å²) >= 11 is 6.43. The third kappa shape index (κ3) is 9.40. The van der Waals surface area contributed by atoms with Gasteiger partial charge in [0.05, 0.1) is 22.5 Å². The number of halogens is 6. The lowest BCUT2D eigenvalue weighted by Gasteiger charge is -2.35. The number of urea groups is 1. The molecule has 0 bridgehead atoms. The number of piperazine rings is 1. The fourth-order valence-corrected chi connectivity index (χ4v) is 5.16. The first-order valence-electron chi connectivity index (χ1n) is 15.1. The Balaban J connectivity index is 0.000000755. The maximum Gasteiger partial charge on any atom is 0.490 e. The van der Waals surface area contributed by atoms with Crippen LogP contribution in [0.25, 0.3) is 11.3 Å². The Hall–Kier alpha value is -5.48. The zero-order chi connectivity index (χ0) is 37.5. The number of benzene rings is 2. The first-order chi connectivity index (χ1) is 24.1. The second-order valence-corrected chi connectivity index (χ2v) is 11.6. The molecule has 272 valence electrons. The minimum Gasteiger partial charge on any atom is -0.476 e. The van der Waals surface area contributed by atoms with E-state index in [1.165, 1.54) is 48.1 Å². The molecule has 3 heterocycles. The number of nitrogens with one attached hydrogen (secondary N) is 3. The van der Waals surface area contributed by atoms with Crippen LogP contribution in [0.5, 0.6) is 5.75 Å². The minimum atomic E-state index is -5.08. The average Bonchev–Trinajstić information content (AvgIpc) is 3.45. The topological polar surface area (TPSA) is 182 Å².